The minimum absolute atomic E-state index is 0.168. The molecule has 0 aliphatic rings. The van der Waals surface area contributed by atoms with Crippen LogP contribution in [0.5, 0.6) is 5.75 Å². The smallest absolute Gasteiger partial charge is 0.134 e. The third kappa shape index (κ3) is 7.14. The maximum absolute atomic E-state index is 8.77. The molecule has 0 aliphatic heterocycles. The quantitative estimate of drug-likeness (QED) is 0.561. The summed E-state index contributed by atoms with van der Waals surface area (Å²) < 4.78 is 16.2. The molecule has 0 saturated carbocycles. The Morgan fingerprint density at radius 3 is 2.67 bits per heavy atom. The SMILES string of the molecule is CCCCOCCOCc1ccc(OC)c(C#CCO)c1. The van der Waals surface area contributed by atoms with Crippen LogP contribution < -0.4 is 4.74 Å². The second-order valence-electron chi connectivity index (χ2n) is 4.51. The van der Waals surface area contributed by atoms with Gasteiger partial charge in [0.1, 0.15) is 12.4 Å². The third-order valence-corrected chi connectivity index (χ3v) is 2.85. The molecule has 1 aromatic carbocycles. The van der Waals surface area contributed by atoms with Crippen molar-refractivity contribution in [3.8, 4) is 17.6 Å². The summed E-state index contributed by atoms with van der Waals surface area (Å²) in [6.45, 7) is 4.47. The molecule has 0 radical (unpaired) electrons. The van der Waals surface area contributed by atoms with Gasteiger partial charge in [0.05, 0.1) is 32.5 Å². The normalized spacial score (nSPS) is 10.0. The summed E-state index contributed by atoms with van der Waals surface area (Å²) in [5.41, 5.74) is 1.78. The first-order valence-electron chi connectivity index (χ1n) is 7.24. The highest BCUT2D eigenvalue weighted by molar-refractivity contribution is 5.48. The number of aliphatic hydroxyl groups excluding tert-OH is 1. The predicted molar refractivity (Wildman–Crippen MR) is 82.3 cm³/mol. The summed E-state index contributed by atoms with van der Waals surface area (Å²) in [6, 6.07) is 5.72. The first-order valence-corrected chi connectivity index (χ1v) is 7.24. The van der Waals surface area contributed by atoms with Gasteiger partial charge in [-0.3, -0.25) is 0 Å². The Bertz CT molecular complexity index is 460. The minimum atomic E-state index is -0.168. The number of hydrogen-bond donors (Lipinski definition) is 1. The van der Waals surface area contributed by atoms with E-state index in [0.29, 0.717) is 25.6 Å². The van der Waals surface area contributed by atoms with Gasteiger partial charge < -0.3 is 19.3 Å². The van der Waals surface area contributed by atoms with Crippen LogP contribution in [0.15, 0.2) is 18.2 Å². The number of aliphatic hydroxyl groups is 1. The molecule has 0 amide bonds. The predicted octanol–water partition coefficient (Wildman–Crippen LogP) is 2.37. The molecule has 4 nitrogen and oxygen atoms in total. The van der Waals surface area contributed by atoms with Gasteiger partial charge in [-0.05, 0) is 24.1 Å². The van der Waals surface area contributed by atoms with E-state index in [1.165, 1.54) is 0 Å². The van der Waals surface area contributed by atoms with Crippen molar-refractivity contribution in [1.82, 2.24) is 0 Å². The Labute approximate surface area is 127 Å². The lowest BCUT2D eigenvalue weighted by Crippen LogP contribution is -2.05. The lowest BCUT2D eigenvalue weighted by atomic mass is 10.1. The number of hydrogen-bond acceptors (Lipinski definition) is 4. The summed E-state index contributed by atoms with van der Waals surface area (Å²) >= 11 is 0. The van der Waals surface area contributed by atoms with E-state index in [1.54, 1.807) is 7.11 Å². The van der Waals surface area contributed by atoms with E-state index in [4.69, 9.17) is 19.3 Å². The number of rotatable bonds is 9. The second-order valence-corrected chi connectivity index (χ2v) is 4.51. The molecular weight excluding hydrogens is 268 g/mol. The van der Waals surface area contributed by atoms with Gasteiger partial charge >= 0.3 is 0 Å². The van der Waals surface area contributed by atoms with E-state index in [1.807, 2.05) is 18.2 Å². The molecule has 0 spiro atoms. The molecule has 0 saturated heterocycles. The molecule has 0 fully saturated rings. The molecule has 0 aromatic heterocycles. The van der Waals surface area contributed by atoms with Gasteiger partial charge in [-0.15, -0.1) is 0 Å². The molecule has 0 aliphatic carbocycles. The topological polar surface area (TPSA) is 47.9 Å². The van der Waals surface area contributed by atoms with Crippen molar-refractivity contribution in [2.75, 3.05) is 33.5 Å². The molecule has 4 heteroatoms. The van der Waals surface area contributed by atoms with Crippen molar-refractivity contribution in [2.24, 2.45) is 0 Å². The van der Waals surface area contributed by atoms with E-state index < -0.39 is 0 Å². The summed E-state index contributed by atoms with van der Waals surface area (Å²) in [5, 5.41) is 8.77. The Kier molecular flexibility index (Phi) is 9.30. The molecule has 0 unspecified atom stereocenters. The molecule has 0 bridgehead atoms. The van der Waals surface area contributed by atoms with Crippen LogP contribution in [0, 0.1) is 11.8 Å². The Morgan fingerprint density at radius 1 is 1.14 bits per heavy atom. The van der Waals surface area contributed by atoms with E-state index in [-0.39, 0.29) is 6.61 Å². The Hall–Kier alpha value is -1.54. The summed E-state index contributed by atoms with van der Waals surface area (Å²) in [7, 11) is 1.60. The average molecular weight is 292 g/mol. The maximum Gasteiger partial charge on any atom is 0.134 e. The first kappa shape index (κ1) is 17.5. The summed E-state index contributed by atoms with van der Waals surface area (Å²) in [6.07, 6.45) is 2.23. The van der Waals surface area contributed by atoms with E-state index in [2.05, 4.69) is 18.8 Å². The van der Waals surface area contributed by atoms with Gasteiger partial charge in [-0.25, -0.2) is 0 Å². The number of methoxy groups -OCH3 is 1. The highest BCUT2D eigenvalue weighted by Crippen LogP contribution is 2.19. The van der Waals surface area contributed by atoms with Crippen LogP contribution in [0.25, 0.3) is 0 Å². The highest BCUT2D eigenvalue weighted by atomic mass is 16.5. The molecule has 0 heterocycles. The number of ether oxygens (including phenoxy) is 3. The average Bonchev–Trinajstić information content (AvgIpc) is 2.52. The first-order chi connectivity index (χ1) is 10.3. The van der Waals surface area contributed by atoms with Crippen molar-refractivity contribution in [3.63, 3.8) is 0 Å². The van der Waals surface area contributed by atoms with Crippen LogP contribution in [-0.4, -0.2) is 38.6 Å². The zero-order chi connectivity index (χ0) is 15.3. The van der Waals surface area contributed by atoms with Gasteiger partial charge in [0.15, 0.2) is 0 Å². The molecule has 21 heavy (non-hydrogen) atoms. The molecule has 116 valence electrons. The third-order valence-electron chi connectivity index (χ3n) is 2.85. The van der Waals surface area contributed by atoms with Crippen LogP contribution in [0.2, 0.25) is 0 Å². The lowest BCUT2D eigenvalue weighted by molar-refractivity contribution is 0.0396. The Morgan fingerprint density at radius 2 is 1.95 bits per heavy atom. The number of unbranched alkanes of at least 4 members (excludes halogenated alkanes) is 1. The molecular formula is C17H24O4. The van der Waals surface area contributed by atoms with Crippen molar-refractivity contribution in [2.45, 2.75) is 26.4 Å². The fourth-order valence-corrected chi connectivity index (χ4v) is 1.73. The second kappa shape index (κ2) is 11.2. The molecule has 1 rings (SSSR count). The van der Waals surface area contributed by atoms with Crippen molar-refractivity contribution < 1.29 is 19.3 Å². The zero-order valence-corrected chi connectivity index (χ0v) is 12.9. The van der Waals surface area contributed by atoms with Gasteiger partial charge in [0.2, 0.25) is 0 Å². The van der Waals surface area contributed by atoms with Crippen LogP contribution in [0.3, 0.4) is 0 Å². The zero-order valence-electron chi connectivity index (χ0n) is 12.9. The Balaban J connectivity index is 2.41. The summed E-state index contributed by atoms with van der Waals surface area (Å²) in [5.74, 6) is 6.20. The van der Waals surface area contributed by atoms with Crippen LogP contribution in [-0.2, 0) is 16.1 Å². The van der Waals surface area contributed by atoms with Gasteiger partial charge in [-0.2, -0.15) is 0 Å². The molecule has 1 N–H and O–H groups in total. The van der Waals surface area contributed by atoms with Gasteiger partial charge in [0, 0.05) is 6.61 Å². The number of benzene rings is 1. The minimum Gasteiger partial charge on any atom is -0.495 e. The lowest BCUT2D eigenvalue weighted by Gasteiger charge is -2.08. The summed E-state index contributed by atoms with van der Waals surface area (Å²) in [4.78, 5) is 0. The van der Waals surface area contributed by atoms with Crippen LogP contribution >= 0.6 is 0 Å². The molecule has 0 atom stereocenters. The molecule has 1 aromatic rings. The van der Waals surface area contributed by atoms with Crippen molar-refractivity contribution in [3.05, 3.63) is 29.3 Å². The largest absolute Gasteiger partial charge is 0.495 e. The fraction of sp³-hybridized carbons (Fsp3) is 0.529. The van der Waals surface area contributed by atoms with Crippen LogP contribution in [0.4, 0.5) is 0 Å². The monoisotopic (exact) mass is 292 g/mol. The highest BCUT2D eigenvalue weighted by Gasteiger charge is 2.02. The van der Waals surface area contributed by atoms with Gasteiger partial charge in [-0.1, -0.05) is 31.3 Å². The van der Waals surface area contributed by atoms with E-state index in [9.17, 15) is 0 Å². The van der Waals surface area contributed by atoms with E-state index >= 15 is 0 Å². The fourth-order valence-electron chi connectivity index (χ4n) is 1.73. The maximum atomic E-state index is 8.77. The van der Waals surface area contributed by atoms with Crippen molar-refractivity contribution >= 4 is 0 Å². The van der Waals surface area contributed by atoms with Crippen LogP contribution in [0.1, 0.15) is 30.9 Å². The van der Waals surface area contributed by atoms with E-state index in [0.717, 1.165) is 30.6 Å². The van der Waals surface area contributed by atoms with Crippen molar-refractivity contribution in [1.29, 1.82) is 0 Å². The standard InChI is InChI=1S/C17H24O4/c1-3-4-10-20-11-12-21-14-15-7-8-17(19-2)16(13-15)6-5-9-18/h7-8,13,18H,3-4,9-12,14H2,1-2H3. The van der Waals surface area contributed by atoms with Gasteiger partial charge in [0.25, 0.3) is 0 Å².